The van der Waals surface area contributed by atoms with Crippen LogP contribution in [0.4, 0.5) is 4.39 Å². The molecule has 0 bridgehead atoms. The van der Waals surface area contributed by atoms with Gasteiger partial charge in [-0.2, -0.15) is 0 Å². The molecule has 1 aliphatic heterocycles. The number of benzene rings is 1. The summed E-state index contributed by atoms with van der Waals surface area (Å²) in [4.78, 5) is 0. The van der Waals surface area contributed by atoms with Crippen molar-refractivity contribution in [3.63, 3.8) is 0 Å². The van der Waals surface area contributed by atoms with Crippen molar-refractivity contribution in [1.82, 2.24) is 5.32 Å². The molecule has 18 heavy (non-hydrogen) atoms. The molecule has 0 amide bonds. The van der Waals surface area contributed by atoms with Crippen molar-refractivity contribution in [3.8, 4) is 0 Å². The van der Waals surface area contributed by atoms with Gasteiger partial charge in [0, 0.05) is 19.1 Å². The van der Waals surface area contributed by atoms with Gasteiger partial charge in [-0.05, 0) is 49.6 Å². The molecule has 1 aromatic carbocycles. The summed E-state index contributed by atoms with van der Waals surface area (Å²) >= 11 is 0. The van der Waals surface area contributed by atoms with Crippen LogP contribution in [0.5, 0.6) is 0 Å². The van der Waals surface area contributed by atoms with E-state index < -0.39 is 0 Å². The summed E-state index contributed by atoms with van der Waals surface area (Å²) in [6.45, 7) is 6.96. The molecule has 100 valence electrons. The Balaban J connectivity index is 2.06. The van der Waals surface area contributed by atoms with E-state index >= 15 is 0 Å². The Kier molecular flexibility index (Phi) is 4.72. The van der Waals surface area contributed by atoms with Crippen molar-refractivity contribution in [2.75, 3.05) is 19.7 Å². The molecule has 0 saturated carbocycles. The van der Waals surface area contributed by atoms with Crippen molar-refractivity contribution in [2.24, 2.45) is 5.92 Å². The monoisotopic (exact) mass is 251 g/mol. The lowest BCUT2D eigenvalue weighted by molar-refractivity contribution is 0.0900. The summed E-state index contributed by atoms with van der Waals surface area (Å²) in [6.07, 6.45) is 2.35. The van der Waals surface area contributed by atoms with E-state index in [1.807, 2.05) is 13.0 Å². The lowest BCUT2D eigenvalue weighted by atomic mass is 9.92. The Hall–Kier alpha value is -0.930. The Labute approximate surface area is 109 Å². The highest BCUT2D eigenvalue weighted by Crippen LogP contribution is 2.35. The summed E-state index contributed by atoms with van der Waals surface area (Å²) in [5, 5.41) is 3.45. The van der Waals surface area contributed by atoms with Gasteiger partial charge in [-0.1, -0.05) is 13.0 Å². The Morgan fingerprint density at radius 1 is 1.44 bits per heavy atom. The number of rotatable bonds is 5. The summed E-state index contributed by atoms with van der Waals surface area (Å²) in [6, 6.07) is 4.99. The van der Waals surface area contributed by atoms with Crippen LogP contribution in [0.15, 0.2) is 18.2 Å². The molecule has 1 saturated heterocycles. The van der Waals surface area contributed by atoms with Gasteiger partial charge < -0.3 is 10.1 Å². The summed E-state index contributed by atoms with van der Waals surface area (Å²) in [5.41, 5.74) is 2.12. The molecule has 0 aromatic heterocycles. The van der Waals surface area contributed by atoms with E-state index in [1.165, 1.54) is 6.07 Å². The van der Waals surface area contributed by atoms with Gasteiger partial charge in [0.25, 0.3) is 0 Å². The molecule has 1 aromatic rings. The smallest absolute Gasteiger partial charge is 0.123 e. The summed E-state index contributed by atoms with van der Waals surface area (Å²) in [5.74, 6) is 0.329. The van der Waals surface area contributed by atoms with Crippen molar-refractivity contribution in [1.29, 1.82) is 0 Å². The molecule has 0 radical (unpaired) electrons. The number of hydrogen-bond donors (Lipinski definition) is 1. The highest BCUT2D eigenvalue weighted by atomic mass is 19.1. The topological polar surface area (TPSA) is 21.3 Å². The first-order valence-electron chi connectivity index (χ1n) is 6.80. The number of nitrogens with one attached hydrogen (secondary N) is 1. The molecule has 2 nitrogen and oxygen atoms in total. The molecule has 0 spiro atoms. The van der Waals surface area contributed by atoms with Crippen LogP contribution in [0.25, 0.3) is 0 Å². The van der Waals surface area contributed by atoms with Crippen molar-refractivity contribution < 1.29 is 9.13 Å². The molecule has 1 heterocycles. The number of aryl methyl sites for hydroxylation is 1. The highest BCUT2D eigenvalue weighted by molar-refractivity contribution is 5.29. The van der Waals surface area contributed by atoms with E-state index in [-0.39, 0.29) is 11.9 Å². The zero-order chi connectivity index (χ0) is 13.0. The second kappa shape index (κ2) is 6.30. The van der Waals surface area contributed by atoms with E-state index in [1.54, 1.807) is 6.07 Å². The SMILES string of the molecule is CCCNCC1CCOC1c1ccc(F)cc1C. The fourth-order valence-corrected chi connectivity index (χ4v) is 2.61. The quantitative estimate of drug-likeness (QED) is 0.811. The maximum Gasteiger partial charge on any atom is 0.123 e. The molecule has 0 aliphatic carbocycles. The van der Waals surface area contributed by atoms with Gasteiger partial charge in [0.2, 0.25) is 0 Å². The minimum Gasteiger partial charge on any atom is -0.373 e. The zero-order valence-electron chi connectivity index (χ0n) is 11.2. The van der Waals surface area contributed by atoms with Crippen LogP contribution in [-0.2, 0) is 4.74 Å². The van der Waals surface area contributed by atoms with Gasteiger partial charge >= 0.3 is 0 Å². The predicted molar refractivity (Wildman–Crippen MR) is 71.1 cm³/mol. The molecule has 1 fully saturated rings. The Bertz CT molecular complexity index is 394. The molecule has 2 unspecified atom stereocenters. The fourth-order valence-electron chi connectivity index (χ4n) is 2.61. The first-order chi connectivity index (χ1) is 8.72. The lowest BCUT2D eigenvalue weighted by Gasteiger charge is -2.21. The third kappa shape index (κ3) is 3.09. The molecule has 3 heteroatoms. The van der Waals surface area contributed by atoms with E-state index in [2.05, 4.69) is 12.2 Å². The van der Waals surface area contributed by atoms with Crippen LogP contribution in [0.3, 0.4) is 0 Å². The second-order valence-electron chi connectivity index (χ2n) is 5.05. The van der Waals surface area contributed by atoms with Crippen molar-refractivity contribution in [2.45, 2.75) is 32.8 Å². The normalized spacial score (nSPS) is 23.5. The highest BCUT2D eigenvalue weighted by Gasteiger charge is 2.30. The Morgan fingerprint density at radius 3 is 3.00 bits per heavy atom. The van der Waals surface area contributed by atoms with E-state index in [4.69, 9.17) is 4.74 Å². The Morgan fingerprint density at radius 2 is 2.28 bits per heavy atom. The van der Waals surface area contributed by atoms with E-state index in [9.17, 15) is 4.39 Å². The molecular weight excluding hydrogens is 229 g/mol. The van der Waals surface area contributed by atoms with Gasteiger partial charge in [-0.15, -0.1) is 0 Å². The van der Waals surface area contributed by atoms with Gasteiger partial charge in [0.1, 0.15) is 5.82 Å². The van der Waals surface area contributed by atoms with Gasteiger partial charge in [-0.3, -0.25) is 0 Å². The molecule has 1 aliphatic rings. The summed E-state index contributed by atoms with van der Waals surface area (Å²) in [7, 11) is 0. The first-order valence-corrected chi connectivity index (χ1v) is 6.80. The minimum atomic E-state index is -0.171. The molecule has 2 atom stereocenters. The maximum absolute atomic E-state index is 13.1. The second-order valence-corrected chi connectivity index (χ2v) is 5.05. The fraction of sp³-hybridized carbons (Fsp3) is 0.600. The predicted octanol–water partition coefficient (Wildman–Crippen LogP) is 3.21. The van der Waals surface area contributed by atoms with Gasteiger partial charge in [0.05, 0.1) is 6.10 Å². The number of halogens is 1. The zero-order valence-corrected chi connectivity index (χ0v) is 11.2. The van der Waals surface area contributed by atoms with Crippen LogP contribution in [0, 0.1) is 18.7 Å². The summed E-state index contributed by atoms with van der Waals surface area (Å²) < 4.78 is 19.0. The molecular formula is C15H22FNO. The van der Waals surface area contributed by atoms with Crippen LogP contribution in [0.2, 0.25) is 0 Å². The van der Waals surface area contributed by atoms with Crippen LogP contribution in [-0.4, -0.2) is 19.7 Å². The van der Waals surface area contributed by atoms with Gasteiger partial charge in [0.15, 0.2) is 0 Å². The first kappa shape index (κ1) is 13.5. The third-order valence-corrected chi connectivity index (χ3v) is 3.59. The molecule has 2 rings (SSSR count). The number of hydrogen-bond acceptors (Lipinski definition) is 2. The average molecular weight is 251 g/mol. The standard InChI is InChI=1S/C15H22FNO/c1-3-7-17-10-12-6-8-18-15(12)14-5-4-13(16)9-11(14)2/h4-5,9,12,15,17H,3,6-8,10H2,1-2H3. The van der Waals surface area contributed by atoms with Gasteiger partial charge in [-0.25, -0.2) is 4.39 Å². The minimum absolute atomic E-state index is 0.120. The van der Waals surface area contributed by atoms with Crippen LogP contribution in [0.1, 0.15) is 37.0 Å². The van der Waals surface area contributed by atoms with E-state index in [0.29, 0.717) is 5.92 Å². The van der Waals surface area contributed by atoms with Crippen molar-refractivity contribution >= 4 is 0 Å². The van der Waals surface area contributed by atoms with E-state index in [0.717, 1.165) is 43.7 Å². The maximum atomic E-state index is 13.1. The molecule has 1 N–H and O–H groups in total. The third-order valence-electron chi connectivity index (χ3n) is 3.59. The average Bonchev–Trinajstić information content (AvgIpc) is 2.78. The lowest BCUT2D eigenvalue weighted by Crippen LogP contribution is -2.25. The number of ether oxygens (including phenoxy) is 1. The van der Waals surface area contributed by atoms with Crippen LogP contribution >= 0.6 is 0 Å². The van der Waals surface area contributed by atoms with Crippen LogP contribution < -0.4 is 5.32 Å². The largest absolute Gasteiger partial charge is 0.373 e. The van der Waals surface area contributed by atoms with Crippen molar-refractivity contribution in [3.05, 3.63) is 35.1 Å².